The fraction of sp³-hybridized carbons (Fsp3) is 0.636. The Bertz CT molecular complexity index is 966. The van der Waals surface area contributed by atoms with Crippen LogP contribution in [0.5, 0.6) is 0 Å². The summed E-state index contributed by atoms with van der Waals surface area (Å²) in [5.41, 5.74) is 2.05. The summed E-state index contributed by atoms with van der Waals surface area (Å²) >= 11 is 0. The number of rotatable bonds is 8. The van der Waals surface area contributed by atoms with E-state index in [1.54, 1.807) is 19.2 Å². The molecule has 0 spiro atoms. The molecule has 2 N–H and O–H groups in total. The molecule has 1 unspecified atom stereocenters. The van der Waals surface area contributed by atoms with E-state index < -0.39 is 10.0 Å². The second-order valence-electron chi connectivity index (χ2n) is 8.82. The molecule has 1 atom stereocenters. The predicted octanol–water partition coefficient (Wildman–Crippen LogP) is 3.27. The predicted molar refractivity (Wildman–Crippen MR) is 119 cm³/mol. The number of nitrogens with zero attached hydrogens (tertiary/aromatic N) is 3. The Morgan fingerprint density at radius 3 is 2.68 bits per heavy atom. The van der Waals surface area contributed by atoms with Gasteiger partial charge in [0.25, 0.3) is 0 Å². The van der Waals surface area contributed by atoms with Gasteiger partial charge >= 0.3 is 0 Å². The molecule has 31 heavy (non-hydrogen) atoms. The topological polar surface area (TPSA) is 98.1 Å². The summed E-state index contributed by atoms with van der Waals surface area (Å²) in [6.45, 7) is 3.43. The van der Waals surface area contributed by atoms with Crippen molar-refractivity contribution in [3.8, 4) is 0 Å². The van der Waals surface area contributed by atoms with E-state index in [0.717, 1.165) is 55.1 Å². The second kappa shape index (κ2) is 9.67. The number of anilines is 1. The highest BCUT2D eigenvalue weighted by molar-refractivity contribution is 7.89. The van der Waals surface area contributed by atoms with Gasteiger partial charge in [0.2, 0.25) is 10.0 Å². The molecular weight excluding hydrogens is 414 g/mol. The Labute approximate surface area is 184 Å². The summed E-state index contributed by atoms with van der Waals surface area (Å²) in [5.74, 6) is 1.52. The third-order valence-corrected chi connectivity index (χ3v) is 7.91. The van der Waals surface area contributed by atoms with Crippen LogP contribution in [0.1, 0.15) is 62.7 Å². The van der Waals surface area contributed by atoms with Gasteiger partial charge in [-0.2, -0.15) is 5.10 Å². The number of aryl methyl sites for hydroxylation is 1. The molecule has 0 amide bonds. The fourth-order valence-corrected chi connectivity index (χ4v) is 5.81. The van der Waals surface area contributed by atoms with Gasteiger partial charge in [-0.05, 0) is 68.6 Å². The molecule has 2 heterocycles. The molecule has 2 aromatic heterocycles. The zero-order chi connectivity index (χ0) is 21.8. The van der Waals surface area contributed by atoms with Crippen LogP contribution in [0, 0.1) is 5.92 Å². The zero-order valence-corrected chi connectivity index (χ0v) is 19.2. The third kappa shape index (κ3) is 5.27. The highest BCUT2D eigenvalue weighted by atomic mass is 32.2. The molecule has 0 bridgehead atoms. The normalized spacial score (nSPS) is 24.0. The summed E-state index contributed by atoms with van der Waals surface area (Å²) in [4.78, 5) is 4.56. The van der Waals surface area contributed by atoms with E-state index in [-0.39, 0.29) is 10.9 Å². The molecule has 0 aromatic carbocycles. The number of aromatic nitrogens is 3. The van der Waals surface area contributed by atoms with Gasteiger partial charge in [-0.1, -0.05) is 6.92 Å². The first-order chi connectivity index (χ1) is 15.0. The molecule has 8 nitrogen and oxygen atoms in total. The van der Waals surface area contributed by atoms with E-state index in [1.807, 2.05) is 10.9 Å². The van der Waals surface area contributed by atoms with E-state index >= 15 is 0 Å². The first-order valence-corrected chi connectivity index (χ1v) is 12.7. The van der Waals surface area contributed by atoms with E-state index in [1.165, 1.54) is 19.0 Å². The van der Waals surface area contributed by atoms with Crippen LogP contribution >= 0.6 is 0 Å². The average molecular weight is 448 g/mol. The van der Waals surface area contributed by atoms with Crippen molar-refractivity contribution in [2.75, 3.05) is 19.0 Å². The van der Waals surface area contributed by atoms with Gasteiger partial charge in [0.1, 0.15) is 10.7 Å². The molecule has 0 aliphatic heterocycles. The lowest BCUT2D eigenvalue weighted by atomic mass is 9.87. The molecule has 2 aliphatic rings. The van der Waals surface area contributed by atoms with E-state index in [0.29, 0.717) is 19.2 Å². The maximum absolute atomic E-state index is 13.1. The lowest BCUT2D eigenvalue weighted by Crippen LogP contribution is -2.33. The number of hydrogen-bond acceptors (Lipinski definition) is 6. The average Bonchev–Trinajstić information content (AvgIpc) is 3.18. The number of pyridine rings is 1. The number of nitrogens with one attached hydrogen (secondary N) is 2. The summed E-state index contributed by atoms with van der Waals surface area (Å²) < 4.78 is 36.1. The van der Waals surface area contributed by atoms with Gasteiger partial charge in [-0.3, -0.25) is 4.68 Å². The van der Waals surface area contributed by atoms with Crippen molar-refractivity contribution >= 4 is 15.8 Å². The van der Waals surface area contributed by atoms with E-state index in [4.69, 9.17) is 4.74 Å². The van der Waals surface area contributed by atoms with Crippen molar-refractivity contribution in [2.24, 2.45) is 5.92 Å². The summed E-state index contributed by atoms with van der Waals surface area (Å²) in [6.07, 6.45) is 10.6. The first kappa shape index (κ1) is 22.2. The smallest absolute Gasteiger partial charge is 0.242 e. The van der Waals surface area contributed by atoms with Crippen molar-refractivity contribution < 1.29 is 13.2 Å². The van der Waals surface area contributed by atoms with Crippen LogP contribution in [0.15, 0.2) is 29.4 Å². The van der Waals surface area contributed by atoms with Gasteiger partial charge in [-0.25, -0.2) is 18.1 Å². The second-order valence-corrected chi connectivity index (χ2v) is 10.5. The van der Waals surface area contributed by atoms with Crippen molar-refractivity contribution in [1.29, 1.82) is 0 Å². The molecule has 1 fully saturated rings. The Morgan fingerprint density at radius 2 is 1.97 bits per heavy atom. The van der Waals surface area contributed by atoms with Crippen molar-refractivity contribution in [1.82, 2.24) is 19.5 Å². The molecule has 2 aromatic rings. The summed E-state index contributed by atoms with van der Waals surface area (Å²) in [7, 11) is -2.04. The zero-order valence-electron chi connectivity index (χ0n) is 18.4. The molecule has 170 valence electrons. The number of sulfonamides is 1. The summed E-state index contributed by atoms with van der Waals surface area (Å²) in [5, 5.41) is 7.89. The Morgan fingerprint density at radius 1 is 1.16 bits per heavy atom. The monoisotopic (exact) mass is 447 g/mol. The van der Waals surface area contributed by atoms with Gasteiger partial charge in [0.05, 0.1) is 31.1 Å². The van der Waals surface area contributed by atoms with Gasteiger partial charge in [-0.15, -0.1) is 0 Å². The molecule has 9 heteroatoms. The highest BCUT2D eigenvalue weighted by Crippen LogP contribution is 2.31. The fourth-order valence-electron chi connectivity index (χ4n) is 4.63. The van der Waals surface area contributed by atoms with Crippen molar-refractivity contribution in [3.05, 3.63) is 35.8 Å². The van der Waals surface area contributed by atoms with Crippen LogP contribution in [0.25, 0.3) is 0 Å². The quantitative estimate of drug-likeness (QED) is 0.644. The lowest BCUT2D eigenvalue weighted by molar-refractivity contribution is 0.181. The third-order valence-electron chi connectivity index (χ3n) is 6.45. The molecule has 0 radical (unpaired) electrons. The Balaban J connectivity index is 1.44. The molecule has 0 saturated heterocycles. The number of methoxy groups -OCH3 is 1. The minimum Gasteiger partial charge on any atom is -0.383 e. The molecule has 1 saturated carbocycles. The molecule has 4 rings (SSSR count). The van der Waals surface area contributed by atoms with Gasteiger partial charge in [0, 0.05) is 19.3 Å². The SMILES string of the molecule is COCCn1ncc2c1C(NS(=O)(=O)c1ccc(NC3CCC(C)CC3)nc1)CCC2. The van der Waals surface area contributed by atoms with Crippen LogP contribution in [0.4, 0.5) is 5.82 Å². The number of hydrogen-bond donors (Lipinski definition) is 2. The number of fused-ring (bicyclic) bond motifs is 1. The van der Waals surface area contributed by atoms with Crippen LogP contribution in [0.3, 0.4) is 0 Å². The van der Waals surface area contributed by atoms with Gasteiger partial charge in [0.15, 0.2) is 0 Å². The number of ether oxygens (including phenoxy) is 1. The van der Waals surface area contributed by atoms with Crippen LogP contribution < -0.4 is 10.0 Å². The minimum absolute atomic E-state index is 0.186. The standard InChI is InChI=1S/C22H33N5O3S/c1-16-6-8-18(9-7-16)25-21-11-10-19(15-23-21)31(28,29)26-20-5-3-4-17-14-24-27(22(17)20)12-13-30-2/h10-11,14-16,18,20,26H,3-9,12-13H2,1-2H3,(H,23,25). The van der Waals surface area contributed by atoms with Crippen LogP contribution in [-0.4, -0.2) is 42.9 Å². The minimum atomic E-state index is -3.69. The van der Waals surface area contributed by atoms with Gasteiger partial charge < -0.3 is 10.1 Å². The van der Waals surface area contributed by atoms with E-state index in [9.17, 15) is 8.42 Å². The van der Waals surface area contributed by atoms with Crippen molar-refractivity contribution in [2.45, 2.75) is 75.4 Å². The van der Waals surface area contributed by atoms with Crippen molar-refractivity contribution in [3.63, 3.8) is 0 Å². The van der Waals surface area contributed by atoms with Crippen LogP contribution in [-0.2, 0) is 27.7 Å². The maximum Gasteiger partial charge on any atom is 0.242 e. The molecule has 2 aliphatic carbocycles. The molecular formula is C22H33N5O3S. The largest absolute Gasteiger partial charge is 0.383 e. The summed E-state index contributed by atoms with van der Waals surface area (Å²) in [6, 6.07) is 3.52. The highest BCUT2D eigenvalue weighted by Gasteiger charge is 2.29. The Hall–Kier alpha value is -1.97. The maximum atomic E-state index is 13.1. The lowest BCUT2D eigenvalue weighted by Gasteiger charge is -2.27. The van der Waals surface area contributed by atoms with E-state index in [2.05, 4.69) is 27.0 Å². The first-order valence-electron chi connectivity index (χ1n) is 11.2. The van der Waals surface area contributed by atoms with Crippen LogP contribution in [0.2, 0.25) is 0 Å². The Kier molecular flexibility index (Phi) is 6.93.